The van der Waals surface area contributed by atoms with Gasteiger partial charge in [-0.3, -0.25) is 4.79 Å². The van der Waals surface area contributed by atoms with Gasteiger partial charge < -0.3 is 24.8 Å². The predicted molar refractivity (Wildman–Crippen MR) is 85.2 cm³/mol. The molecule has 0 aromatic heterocycles. The molecule has 2 N–H and O–H groups in total. The molecule has 22 heavy (non-hydrogen) atoms. The fourth-order valence-corrected chi connectivity index (χ4v) is 2.43. The third-order valence-corrected chi connectivity index (χ3v) is 3.31. The largest absolute Gasteiger partial charge is 0.487 e. The number of para-hydroxylation sites is 1. The van der Waals surface area contributed by atoms with E-state index >= 15 is 0 Å². The molecule has 6 heteroatoms. The highest BCUT2D eigenvalue weighted by molar-refractivity contribution is 5.82. The highest BCUT2D eigenvalue weighted by atomic mass is 16.6. The molecule has 0 spiro atoms. The molecular weight excluding hydrogens is 284 g/mol. The quantitative estimate of drug-likeness (QED) is 0.470. The number of carbonyl (C=O) groups excluding carboxylic acids is 1. The van der Waals surface area contributed by atoms with E-state index < -0.39 is 0 Å². The van der Waals surface area contributed by atoms with E-state index in [0.717, 1.165) is 12.1 Å². The molecule has 1 aromatic rings. The van der Waals surface area contributed by atoms with E-state index in [4.69, 9.17) is 19.9 Å². The van der Waals surface area contributed by atoms with Crippen LogP contribution in [-0.4, -0.2) is 45.0 Å². The van der Waals surface area contributed by atoms with Gasteiger partial charge in [-0.25, -0.2) is 0 Å². The summed E-state index contributed by atoms with van der Waals surface area (Å²) in [5.41, 5.74) is 7.38. The Labute approximate surface area is 131 Å². The van der Waals surface area contributed by atoms with Crippen LogP contribution in [0.5, 0.6) is 5.75 Å². The van der Waals surface area contributed by atoms with E-state index in [-0.39, 0.29) is 25.2 Å². The van der Waals surface area contributed by atoms with Gasteiger partial charge in [-0.05, 0) is 25.5 Å². The maximum Gasteiger partial charge on any atom is 0.325 e. The molecule has 1 aliphatic rings. The maximum absolute atomic E-state index is 12.0. The highest BCUT2D eigenvalue weighted by Gasteiger charge is 2.26. The Bertz CT molecular complexity index is 507. The summed E-state index contributed by atoms with van der Waals surface area (Å²) in [6.07, 6.45) is 0.949. The molecule has 1 unspecified atom stereocenters. The Kier molecular flexibility index (Phi) is 5.89. The van der Waals surface area contributed by atoms with Crippen molar-refractivity contribution in [1.29, 1.82) is 0 Å². The van der Waals surface area contributed by atoms with Crippen molar-refractivity contribution in [3.8, 4) is 5.75 Å². The van der Waals surface area contributed by atoms with E-state index in [1.165, 1.54) is 0 Å². The fourth-order valence-electron chi connectivity index (χ4n) is 2.43. The lowest BCUT2D eigenvalue weighted by molar-refractivity contribution is -0.143. The molecule has 2 rings (SSSR count). The molecule has 1 aromatic carbocycles. The van der Waals surface area contributed by atoms with Crippen LogP contribution in [0, 0.1) is 0 Å². The van der Waals surface area contributed by atoms with Gasteiger partial charge in [0, 0.05) is 6.61 Å². The van der Waals surface area contributed by atoms with Crippen LogP contribution in [0.3, 0.4) is 0 Å². The van der Waals surface area contributed by atoms with Crippen molar-refractivity contribution in [2.45, 2.75) is 26.4 Å². The number of hydrogen-bond donors (Lipinski definition) is 1. The Hall–Kier alpha value is -1.95. The minimum absolute atomic E-state index is 0.00464. The predicted octanol–water partition coefficient (Wildman–Crippen LogP) is 1.83. The molecule has 1 heterocycles. The molecule has 0 saturated heterocycles. The van der Waals surface area contributed by atoms with Crippen LogP contribution in [0.2, 0.25) is 0 Å². The van der Waals surface area contributed by atoms with Gasteiger partial charge in [0.2, 0.25) is 0 Å². The second kappa shape index (κ2) is 7.89. The van der Waals surface area contributed by atoms with E-state index in [2.05, 4.69) is 0 Å². The van der Waals surface area contributed by atoms with Crippen molar-refractivity contribution in [1.82, 2.24) is 0 Å². The second-order valence-electron chi connectivity index (χ2n) is 5.34. The number of fused-ring (bicyclic) bond motifs is 1. The zero-order chi connectivity index (χ0) is 15.9. The number of nitrogens with zero attached hydrogens (tertiary/aromatic N) is 1. The number of anilines is 2. The van der Waals surface area contributed by atoms with Gasteiger partial charge >= 0.3 is 5.97 Å². The molecule has 1 aliphatic heterocycles. The minimum Gasteiger partial charge on any atom is -0.487 e. The van der Waals surface area contributed by atoms with Crippen molar-refractivity contribution in [2.75, 3.05) is 43.5 Å². The number of esters is 1. The van der Waals surface area contributed by atoms with Gasteiger partial charge in [0.25, 0.3) is 0 Å². The Morgan fingerprint density at radius 2 is 2.23 bits per heavy atom. The molecule has 1 atom stereocenters. The van der Waals surface area contributed by atoms with Gasteiger partial charge in [-0.2, -0.15) is 0 Å². The first-order valence-corrected chi connectivity index (χ1v) is 7.65. The van der Waals surface area contributed by atoms with E-state index in [9.17, 15) is 4.79 Å². The molecule has 6 nitrogen and oxygen atoms in total. The summed E-state index contributed by atoms with van der Waals surface area (Å²) in [5, 5.41) is 0. The number of benzene rings is 1. The number of carbonyl (C=O) groups is 1. The molecule has 0 radical (unpaired) electrons. The van der Waals surface area contributed by atoms with Gasteiger partial charge in [0.1, 0.15) is 30.7 Å². The Morgan fingerprint density at radius 1 is 1.41 bits per heavy atom. The Morgan fingerprint density at radius 3 is 3.00 bits per heavy atom. The maximum atomic E-state index is 12.0. The van der Waals surface area contributed by atoms with Crippen LogP contribution >= 0.6 is 0 Å². The lowest BCUT2D eigenvalue weighted by Gasteiger charge is -2.35. The summed E-state index contributed by atoms with van der Waals surface area (Å²) in [7, 11) is 0. The normalized spacial score (nSPS) is 16.8. The monoisotopic (exact) mass is 308 g/mol. The van der Waals surface area contributed by atoms with E-state index in [1.54, 1.807) is 6.07 Å². The number of ether oxygens (including phenoxy) is 3. The lowest BCUT2D eigenvalue weighted by atomic mass is 10.1. The third kappa shape index (κ3) is 4.27. The first kappa shape index (κ1) is 16.4. The van der Waals surface area contributed by atoms with Gasteiger partial charge in [0.15, 0.2) is 0 Å². The van der Waals surface area contributed by atoms with Crippen LogP contribution in [0.25, 0.3) is 0 Å². The topological polar surface area (TPSA) is 74.0 Å². The highest BCUT2D eigenvalue weighted by Crippen LogP contribution is 2.37. The van der Waals surface area contributed by atoms with E-state index in [0.29, 0.717) is 31.2 Å². The van der Waals surface area contributed by atoms with Crippen molar-refractivity contribution in [3.63, 3.8) is 0 Å². The zero-order valence-electron chi connectivity index (χ0n) is 13.2. The van der Waals surface area contributed by atoms with Gasteiger partial charge in [0.05, 0.1) is 18.8 Å². The molecule has 0 saturated carbocycles. The molecule has 0 fully saturated rings. The number of nitrogen functional groups attached to an aromatic ring is 1. The molecule has 0 aliphatic carbocycles. The molecule has 122 valence electrons. The van der Waals surface area contributed by atoms with Crippen molar-refractivity contribution in [2.24, 2.45) is 0 Å². The van der Waals surface area contributed by atoms with Crippen LogP contribution in [0.1, 0.15) is 20.3 Å². The summed E-state index contributed by atoms with van der Waals surface area (Å²) in [6, 6.07) is 5.50. The first-order valence-electron chi connectivity index (χ1n) is 7.65. The summed E-state index contributed by atoms with van der Waals surface area (Å²) >= 11 is 0. The minimum atomic E-state index is -0.289. The first-order chi connectivity index (χ1) is 10.6. The van der Waals surface area contributed by atoms with Crippen LogP contribution in [-0.2, 0) is 14.3 Å². The lowest BCUT2D eigenvalue weighted by Crippen LogP contribution is -2.42. The SMILES string of the molecule is CCCOCCOC(=O)CN1CC(C)Oc2cccc(N)c21. The Balaban J connectivity index is 1.91. The standard InChI is InChI=1S/C16H24N2O4/c1-3-7-20-8-9-21-15(19)11-18-10-12(2)22-14-6-4-5-13(17)16(14)18/h4-6,12H,3,7-11,17H2,1-2H3. The molecule has 0 amide bonds. The van der Waals surface area contributed by atoms with E-state index in [1.807, 2.05) is 30.9 Å². The summed E-state index contributed by atoms with van der Waals surface area (Å²) in [6.45, 7) is 6.14. The average molecular weight is 308 g/mol. The van der Waals surface area contributed by atoms with Gasteiger partial charge in [-0.1, -0.05) is 13.0 Å². The fraction of sp³-hybridized carbons (Fsp3) is 0.562. The van der Waals surface area contributed by atoms with Crippen molar-refractivity contribution >= 4 is 17.3 Å². The summed E-state index contributed by atoms with van der Waals surface area (Å²) in [5.74, 6) is 0.418. The second-order valence-corrected chi connectivity index (χ2v) is 5.34. The number of nitrogens with two attached hydrogens (primary N) is 1. The zero-order valence-corrected chi connectivity index (χ0v) is 13.2. The summed E-state index contributed by atoms with van der Waals surface area (Å²) < 4.78 is 16.2. The number of hydrogen-bond acceptors (Lipinski definition) is 6. The van der Waals surface area contributed by atoms with Crippen LogP contribution in [0.4, 0.5) is 11.4 Å². The van der Waals surface area contributed by atoms with Crippen LogP contribution < -0.4 is 15.4 Å². The molecule has 0 bridgehead atoms. The van der Waals surface area contributed by atoms with Gasteiger partial charge in [-0.15, -0.1) is 0 Å². The average Bonchev–Trinajstić information content (AvgIpc) is 2.46. The molecular formula is C16H24N2O4. The third-order valence-electron chi connectivity index (χ3n) is 3.31. The number of rotatable bonds is 7. The van der Waals surface area contributed by atoms with Crippen molar-refractivity contribution in [3.05, 3.63) is 18.2 Å². The van der Waals surface area contributed by atoms with Crippen molar-refractivity contribution < 1.29 is 19.0 Å². The van der Waals surface area contributed by atoms with Crippen LogP contribution in [0.15, 0.2) is 18.2 Å². The summed E-state index contributed by atoms with van der Waals surface area (Å²) in [4.78, 5) is 13.9. The smallest absolute Gasteiger partial charge is 0.325 e.